The van der Waals surface area contributed by atoms with Gasteiger partial charge in [-0.25, -0.2) is 23.5 Å². The van der Waals surface area contributed by atoms with Crippen molar-refractivity contribution in [3.63, 3.8) is 0 Å². The van der Waals surface area contributed by atoms with Crippen molar-refractivity contribution in [2.75, 3.05) is 5.32 Å². The Morgan fingerprint density at radius 1 is 1.13 bits per heavy atom. The molecule has 0 bridgehead atoms. The lowest BCUT2D eigenvalue weighted by Gasteiger charge is -2.20. The fourth-order valence-electron chi connectivity index (χ4n) is 3.20. The van der Waals surface area contributed by atoms with Crippen LogP contribution in [0.25, 0.3) is 11.4 Å². The number of halogens is 2. The molecule has 4 rings (SSSR count). The molecule has 158 valence electrons. The second kappa shape index (κ2) is 7.40. The fraction of sp³-hybridized carbons (Fsp3) is 0.143. The maximum atomic E-state index is 14.3. The minimum atomic E-state index is -1.58. The number of carboxylic acids is 1. The van der Waals surface area contributed by atoms with Crippen LogP contribution in [-0.4, -0.2) is 27.0 Å². The molecule has 0 saturated carbocycles. The van der Waals surface area contributed by atoms with Crippen LogP contribution in [0.1, 0.15) is 28.5 Å². The van der Waals surface area contributed by atoms with Crippen LogP contribution in [0.4, 0.5) is 20.3 Å². The van der Waals surface area contributed by atoms with Crippen LogP contribution in [0.2, 0.25) is 0 Å². The number of benzene rings is 2. The van der Waals surface area contributed by atoms with Crippen molar-refractivity contribution in [1.29, 1.82) is 0 Å². The normalized spacial score (nSPS) is 14.5. The van der Waals surface area contributed by atoms with Crippen LogP contribution in [0.15, 0.2) is 42.5 Å². The molecule has 2 aromatic carbocycles. The van der Waals surface area contributed by atoms with Gasteiger partial charge in [0.2, 0.25) is 0 Å². The molecular formula is C21H17F2N5O3. The van der Waals surface area contributed by atoms with E-state index < -0.39 is 34.6 Å². The van der Waals surface area contributed by atoms with E-state index in [2.05, 4.69) is 20.6 Å². The highest BCUT2D eigenvalue weighted by Crippen LogP contribution is 2.31. The quantitative estimate of drug-likeness (QED) is 0.494. The van der Waals surface area contributed by atoms with Gasteiger partial charge >= 0.3 is 5.97 Å². The standard InChI is InChI=1S/C21H17F2N5O3/c1-21(24,20(30)31)10-5-7-11(8-6-10)26-18-16-14(9-25-19(16)29)27-17(28-18)15-12(22)3-2-4-13(15)23/h2-8H,9,24H2,1H3,(H,25,29)(H,30,31)(H,26,27,28)/t21-/m0/s1. The molecule has 10 heteroatoms. The summed E-state index contributed by atoms with van der Waals surface area (Å²) >= 11 is 0. The summed E-state index contributed by atoms with van der Waals surface area (Å²) in [5.41, 5.74) is 5.14. The predicted molar refractivity (Wildman–Crippen MR) is 107 cm³/mol. The molecular weight excluding hydrogens is 408 g/mol. The van der Waals surface area contributed by atoms with Gasteiger partial charge < -0.3 is 21.5 Å². The molecule has 31 heavy (non-hydrogen) atoms. The molecule has 1 aliphatic heterocycles. The van der Waals surface area contributed by atoms with E-state index >= 15 is 0 Å². The van der Waals surface area contributed by atoms with Crippen LogP contribution in [0.5, 0.6) is 0 Å². The fourth-order valence-corrected chi connectivity index (χ4v) is 3.20. The molecule has 1 atom stereocenters. The van der Waals surface area contributed by atoms with Crippen molar-refractivity contribution in [2.24, 2.45) is 5.73 Å². The number of hydrogen-bond acceptors (Lipinski definition) is 6. The minimum absolute atomic E-state index is 0.0687. The van der Waals surface area contributed by atoms with Crippen LogP contribution in [0.3, 0.4) is 0 Å². The van der Waals surface area contributed by atoms with Gasteiger partial charge in [0.1, 0.15) is 28.6 Å². The number of aromatic nitrogens is 2. The molecule has 0 radical (unpaired) electrons. The second-order valence-corrected chi connectivity index (χ2v) is 7.21. The van der Waals surface area contributed by atoms with Crippen molar-refractivity contribution in [2.45, 2.75) is 19.0 Å². The summed E-state index contributed by atoms with van der Waals surface area (Å²) in [7, 11) is 0. The summed E-state index contributed by atoms with van der Waals surface area (Å²) in [5.74, 6) is -3.40. The monoisotopic (exact) mass is 425 g/mol. The number of carbonyl (C=O) groups excluding carboxylic acids is 1. The van der Waals surface area contributed by atoms with Gasteiger partial charge in [-0.3, -0.25) is 4.79 Å². The molecule has 2 heterocycles. The maximum absolute atomic E-state index is 14.3. The minimum Gasteiger partial charge on any atom is -0.480 e. The van der Waals surface area contributed by atoms with E-state index in [4.69, 9.17) is 5.73 Å². The van der Waals surface area contributed by atoms with E-state index in [1.54, 1.807) is 12.1 Å². The molecule has 0 fully saturated rings. The molecule has 8 nitrogen and oxygen atoms in total. The molecule has 1 aromatic heterocycles. The summed E-state index contributed by atoms with van der Waals surface area (Å²) in [5, 5.41) is 14.8. The van der Waals surface area contributed by atoms with E-state index in [9.17, 15) is 23.5 Å². The predicted octanol–water partition coefficient (Wildman–Crippen LogP) is 2.67. The Bertz CT molecular complexity index is 1190. The van der Waals surface area contributed by atoms with Gasteiger partial charge in [-0.15, -0.1) is 0 Å². The zero-order valence-electron chi connectivity index (χ0n) is 16.2. The van der Waals surface area contributed by atoms with Gasteiger partial charge in [-0.2, -0.15) is 0 Å². The van der Waals surface area contributed by atoms with Crippen molar-refractivity contribution in [3.05, 3.63) is 70.9 Å². The highest BCUT2D eigenvalue weighted by atomic mass is 19.1. The Morgan fingerprint density at radius 3 is 2.39 bits per heavy atom. The Labute approximate surface area is 175 Å². The van der Waals surface area contributed by atoms with Crippen LogP contribution < -0.4 is 16.4 Å². The SMILES string of the molecule is C[C@@](N)(C(=O)O)c1ccc(Nc2nc(-c3c(F)cccc3F)nc3c2C(=O)NC3)cc1. The number of rotatable bonds is 5. The van der Waals surface area contributed by atoms with Crippen LogP contribution >= 0.6 is 0 Å². The second-order valence-electron chi connectivity index (χ2n) is 7.21. The first-order valence-corrected chi connectivity index (χ1v) is 9.22. The summed E-state index contributed by atoms with van der Waals surface area (Å²) < 4.78 is 28.5. The number of carboxylic acid groups (broad SMARTS) is 1. The summed E-state index contributed by atoms with van der Waals surface area (Å²) in [6, 6.07) is 9.59. The van der Waals surface area contributed by atoms with Crippen molar-refractivity contribution >= 4 is 23.4 Å². The van der Waals surface area contributed by atoms with E-state index in [-0.39, 0.29) is 23.8 Å². The van der Waals surface area contributed by atoms with Gasteiger partial charge in [0.15, 0.2) is 5.82 Å². The number of carbonyl (C=O) groups is 2. The van der Waals surface area contributed by atoms with Gasteiger partial charge in [0, 0.05) is 5.69 Å². The van der Waals surface area contributed by atoms with Crippen molar-refractivity contribution < 1.29 is 23.5 Å². The molecule has 0 unspecified atom stereocenters. The molecule has 1 amide bonds. The summed E-state index contributed by atoms with van der Waals surface area (Å²) in [6.07, 6.45) is 0. The first-order valence-electron chi connectivity index (χ1n) is 9.22. The summed E-state index contributed by atoms with van der Waals surface area (Å²) in [4.78, 5) is 32.0. The highest BCUT2D eigenvalue weighted by molar-refractivity contribution is 6.03. The number of aliphatic carboxylic acids is 1. The lowest BCUT2D eigenvalue weighted by molar-refractivity contribution is -0.143. The van der Waals surface area contributed by atoms with Crippen LogP contribution in [0, 0.1) is 11.6 Å². The third-order valence-corrected chi connectivity index (χ3v) is 5.01. The van der Waals surface area contributed by atoms with E-state index in [1.807, 2.05) is 0 Å². The number of hydrogen-bond donors (Lipinski definition) is 4. The highest BCUT2D eigenvalue weighted by Gasteiger charge is 2.31. The smallest absolute Gasteiger partial charge is 0.328 e. The van der Waals surface area contributed by atoms with Gasteiger partial charge in [-0.05, 0) is 36.8 Å². The number of amides is 1. The lowest BCUT2D eigenvalue weighted by Crippen LogP contribution is -2.41. The van der Waals surface area contributed by atoms with E-state index in [0.29, 0.717) is 16.9 Å². The Morgan fingerprint density at radius 2 is 1.77 bits per heavy atom. The lowest BCUT2D eigenvalue weighted by atomic mass is 9.93. The molecule has 0 aliphatic carbocycles. The number of nitrogens with two attached hydrogens (primary N) is 1. The zero-order chi connectivity index (χ0) is 22.3. The number of fused-ring (bicyclic) bond motifs is 1. The molecule has 1 aliphatic rings. The largest absolute Gasteiger partial charge is 0.480 e. The average molecular weight is 425 g/mol. The van der Waals surface area contributed by atoms with Gasteiger partial charge in [0.05, 0.1) is 17.8 Å². The van der Waals surface area contributed by atoms with Crippen molar-refractivity contribution in [3.8, 4) is 11.4 Å². The third-order valence-electron chi connectivity index (χ3n) is 5.01. The van der Waals surface area contributed by atoms with Crippen LogP contribution in [-0.2, 0) is 16.9 Å². The molecule has 3 aromatic rings. The first kappa shape index (κ1) is 20.4. The van der Waals surface area contributed by atoms with Gasteiger partial charge in [-0.1, -0.05) is 18.2 Å². The third kappa shape index (κ3) is 3.57. The molecule has 0 spiro atoms. The average Bonchev–Trinajstić information content (AvgIpc) is 3.09. The number of nitrogens with one attached hydrogen (secondary N) is 2. The van der Waals surface area contributed by atoms with E-state index in [0.717, 1.165) is 12.1 Å². The Kier molecular flexibility index (Phi) is 4.86. The Hall–Kier alpha value is -3.92. The maximum Gasteiger partial charge on any atom is 0.328 e. The van der Waals surface area contributed by atoms with E-state index in [1.165, 1.54) is 25.1 Å². The summed E-state index contributed by atoms with van der Waals surface area (Å²) in [6.45, 7) is 1.46. The number of nitrogens with zero attached hydrogens (tertiary/aromatic N) is 2. The number of anilines is 2. The van der Waals surface area contributed by atoms with Crippen molar-refractivity contribution in [1.82, 2.24) is 15.3 Å². The van der Waals surface area contributed by atoms with Gasteiger partial charge in [0.25, 0.3) is 5.91 Å². The Balaban J connectivity index is 1.76. The molecule has 0 saturated heterocycles. The molecule has 5 N–H and O–H groups in total. The first-order chi connectivity index (χ1) is 14.7. The zero-order valence-corrected chi connectivity index (χ0v) is 16.2. The topological polar surface area (TPSA) is 130 Å².